The summed E-state index contributed by atoms with van der Waals surface area (Å²) < 4.78 is -0.889. The second kappa shape index (κ2) is 99.4. The van der Waals surface area contributed by atoms with Gasteiger partial charge in [-0.1, -0.05) is 39.4 Å². The van der Waals surface area contributed by atoms with E-state index in [0.29, 0.717) is 0 Å². The van der Waals surface area contributed by atoms with Gasteiger partial charge < -0.3 is 5.73 Å². The number of nitrogens with two attached hydrogens (primary N) is 1. The summed E-state index contributed by atoms with van der Waals surface area (Å²) >= 11 is 8.80. The predicted molar refractivity (Wildman–Crippen MR) is 94.9 cm³/mol. The maximum absolute atomic E-state index is 8.98. The van der Waals surface area contributed by atoms with Crippen molar-refractivity contribution >= 4 is 34.0 Å². The lowest BCUT2D eigenvalue weighted by Crippen LogP contribution is -1.69. The molecule has 0 aliphatic heterocycles. The number of isocyanates is 1. The van der Waals surface area contributed by atoms with Gasteiger partial charge in [-0.2, -0.15) is 0 Å². The van der Waals surface area contributed by atoms with Crippen LogP contribution in [0.15, 0.2) is 22.8 Å². The fourth-order valence-corrected chi connectivity index (χ4v) is 0. The first-order valence-corrected chi connectivity index (χ1v) is 6.16. The molecule has 0 saturated carbocycles. The molecule has 128 valence electrons. The van der Waals surface area contributed by atoms with Crippen LogP contribution < -0.4 is 5.73 Å². The maximum atomic E-state index is 8.98. The van der Waals surface area contributed by atoms with Gasteiger partial charge in [0.2, 0.25) is 6.08 Å². The van der Waals surface area contributed by atoms with Crippen LogP contribution in [0, 0.1) is 0 Å². The van der Waals surface area contributed by atoms with Crippen molar-refractivity contribution in [3.05, 3.63) is 23.1 Å². The smallest absolute Gasteiger partial charge is 0.313 e. The van der Waals surface area contributed by atoms with Gasteiger partial charge in [-0.05, 0) is 42.2 Å². The summed E-state index contributed by atoms with van der Waals surface area (Å²) in [7, 11) is 4.27. The molecule has 0 aromatic carbocycles. The Hall–Kier alpha value is -1.36. The SMILES string of the molecule is C.C=CCC.CC.CN.CN=C=O.CN=[N+]=[N-].O=C(Cl)Cl. The van der Waals surface area contributed by atoms with Gasteiger partial charge in [0.15, 0.2) is 0 Å². The zero-order valence-corrected chi connectivity index (χ0v) is 14.4. The van der Waals surface area contributed by atoms with Gasteiger partial charge in [0.05, 0.1) is 0 Å². The molecule has 0 aromatic rings. The molecular weight excluding hydrogens is 317 g/mol. The van der Waals surface area contributed by atoms with Crippen LogP contribution in [-0.2, 0) is 4.79 Å². The van der Waals surface area contributed by atoms with Crippen molar-refractivity contribution in [2.24, 2.45) is 15.8 Å². The normalized spacial score (nSPS) is 4.62. The molecule has 0 spiro atoms. The van der Waals surface area contributed by atoms with Crippen LogP contribution in [0.5, 0.6) is 0 Å². The number of rotatable bonds is 1. The third kappa shape index (κ3) is 1920. The minimum Gasteiger partial charge on any atom is -0.333 e. The Morgan fingerprint density at radius 2 is 1.52 bits per heavy atom. The van der Waals surface area contributed by atoms with E-state index in [4.69, 9.17) is 15.1 Å². The summed E-state index contributed by atoms with van der Waals surface area (Å²) in [5, 5.41) is 2.92. The highest BCUT2D eigenvalue weighted by atomic mass is 35.5. The van der Waals surface area contributed by atoms with Gasteiger partial charge in [-0.15, -0.1) is 6.58 Å². The minimum absolute atomic E-state index is 0. The van der Waals surface area contributed by atoms with E-state index < -0.39 is 4.70 Å². The minimum atomic E-state index is -0.889. The van der Waals surface area contributed by atoms with E-state index in [2.05, 4.69) is 57.5 Å². The lowest BCUT2D eigenvalue weighted by molar-refractivity contribution is 0.275. The third-order valence-electron chi connectivity index (χ3n) is 0.469. The van der Waals surface area contributed by atoms with E-state index in [1.54, 1.807) is 0 Å². The summed E-state index contributed by atoms with van der Waals surface area (Å²) in [4.78, 5) is 23.1. The van der Waals surface area contributed by atoms with Crippen LogP contribution >= 0.6 is 23.2 Å². The number of carbonyl (C=O) groups is 1. The molecule has 0 amide bonds. The maximum Gasteiger partial charge on any atom is 0.313 e. The zero-order chi connectivity index (χ0) is 17.8. The van der Waals surface area contributed by atoms with Crippen molar-refractivity contribution in [1.82, 2.24) is 0 Å². The molecule has 0 bridgehead atoms. The molecule has 0 radical (unpaired) electrons. The van der Waals surface area contributed by atoms with Gasteiger partial charge in [0.25, 0.3) is 0 Å². The number of hydrogen-bond donors (Lipinski definition) is 1. The molecular formula is C12H29Cl2N5O2. The van der Waals surface area contributed by atoms with Gasteiger partial charge >= 0.3 is 4.70 Å². The number of carbonyl (C=O) groups excluding carboxylic acids is 2. The molecule has 0 aliphatic carbocycles. The van der Waals surface area contributed by atoms with Crippen LogP contribution in [-0.4, -0.2) is 31.9 Å². The number of hydrogen-bond acceptors (Lipinski definition) is 5. The molecule has 0 unspecified atom stereocenters. The number of azide groups is 1. The molecule has 0 aliphatic rings. The molecule has 0 heterocycles. The number of halogens is 2. The average molecular weight is 346 g/mol. The van der Waals surface area contributed by atoms with Crippen molar-refractivity contribution < 1.29 is 9.59 Å². The van der Waals surface area contributed by atoms with Gasteiger partial charge in [0.1, 0.15) is 0 Å². The first-order chi connectivity index (χ1) is 9.47. The predicted octanol–water partition coefficient (Wildman–Crippen LogP) is 5.28. The van der Waals surface area contributed by atoms with Gasteiger partial charge in [0, 0.05) is 19.0 Å². The van der Waals surface area contributed by atoms with Gasteiger partial charge in [-0.25, -0.2) is 9.79 Å². The molecule has 0 fully saturated rings. The first-order valence-electron chi connectivity index (χ1n) is 5.41. The van der Waals surface area contributed by atoms with Gasteiger partial charge in [-0.3, -0.25) is 4.79 Å². The Labute approximate surface area is 138 Å². The van der Waals surface area contributed by atoms with E-state index in [1.807, 2.05) is 19.9 Å². The zero-order valence-electron chi connectivity index (χ0n) is 12.9. The second-order valence-corrected chi connectivity index (χ2v) is 2.41. The molecule has 0 atom stereocenters. The lowest BCUT2D eigenvalue weighted by Gasteiger charge is -1.57. The Balaban J connectivity index is -0.0000000227. The van der Waals surface area contributed by atoms with Crippen molar-refractivity contribution in [2.75, 3.05) is 21.1 Å². The highest BCUT2D eigenvalue weighted by molar-refractivity contribution is 6.93. The van der Waals surface area contributed by atoms with Crippen molar-refractivity contribution in [3.63, 3.8) is 0 Å². The molecule has 21 heavy (non-hydrogen) atoms. The van der Waals surface area contributed by atoms with E-state index >= 15 is 0 Å². The standard InChI is InChI=1S/C4H8.C2H3NO.C2H6.CCl2O.CH3N3.CH5N.CH4/c1-3-4-2;1-3-2-4;1-2;2-1(3)4;1-3-4-2;1-2;/h3H,1,4H2,2H3;1H3;1-2H3;;1H3;2H2,1H3;1H4. The number of aliphatic imine (C=N–C) groups is 1. The first kappa shape index (κ1) is 42.7. The lowest BCUT2D eigenvalue weighted by atomic mass is 10.5. The molecule has 0 aromatic heterocycles. The van der Waals surface area contributed by atoms with E-state index in [0.717, 1.165) is 6.42 Å². The Kier molecular flexibility index (Phi) is 202. The summed E-state index contributed by atoms with van der Waals surface area (Å²) in [5.74, 6) is 0. The Morgan fingerprint density at radius 3 is 1.52 bits per heavy atom. The quantitative estimate of drug-likeness (QED) is 0.132. The van der Waals surface area contributed by atoms with E-state index in [-0.39, 0.29) is 7.43 Å². The fraction of sp³-hybridized carbons (Fsp3) is 0.667. The average Bonchev–Trinajstić information content (AvgIpc) is 2.50. The summed E-state index contributed by atoms with van der Waals surface area (Å²) in [5.41, 5.74) is 11.8. The summed E-state index contributed by atoms with van der Waals surface area (Å²) in [6.07, 6.45) is 4.26. The van der Waals surface area contributed by atoms with Crippen LogP contribution in [0.2, 0.25) is 0 Å². The fourth-order valence-electron chi connectivity index (χ4n) is 0. The highest BCUT2D eigenvalue weighted by Gasteiger charge is 1.72. The third-order valence-corrected chi connectivity index (χ3v) is 0.469. The molecule has 7 nitrogen and oxygen atoms in total. The summed E-state index contributed by atoms with van der Waals surface area (Å²) in [6.45, 7) is 9.54. The van der Waals surface area contributed by atoms with Crippen molar-refractivity contribution in [3.8, 4) is 0 Å². The summed E-state index contributed by atoms with van der Waals surface area (Å²) in [6, 6.07) is 0. The molecule has 0 rings (SSSR count). The Bertz CT molecular complexity index is 232. The van der Waals surface area contributed by atoms with Crippen LogP contribution in [0.1, 0.15) is 34.6 Å². The Morgan fingerprint density at radius 1 is 1.38 bits per heavy atom. The molecule has 0 saturated heterocycles. The largest absolute Gasteiger partial charge is 0.333 e. The van der Waals surface area contributed by atoms with E-state index in [9.17, 15) is 0 Å². The second-order valence-electron chi connectivity index (χ2n) is 1.53. The number of allylic oxidation sites excluding steroid dienone is 1. The topological polar surface area (TPSA) is 121 Å². The van der Waals surface area contributed by atoms with Crippen LogP contribution in [0.4, 0.5) is 4.79 Å². The monoisotopic (exact) mass is 345 g/mol. The highest BCUT2D eigenvalue weighted by Crippen LogP contribution is 1.84. The molecule has 2 N–H and O–H groups in total. The van der Waals surface area contributed by atoms with E-state index in [1.165, 1.54) is 27.2 Å². The van der Waals surface area contributed by atoms with Crippen LogP contribution in [0.25, 0.3) is 10.4 Å². The molecule has 9 heteroatoms. The van der Waals surface area contributed by atoms with Crippen LogP contribution in [0.3, 0.4) is 0 Å². The number of nitrogens with zero attached hydrogens (tertiary/aromatic N) is 4. The van der Waals surface area contributed by atoms with Crippen molar-refractivity contribution in [2.45, 2.75) is 34.6 Å². The van der Waals surface area contributed by atoms with Crippen molar-refractivity contribution in [1.29, 1.82) is 0 Å².